The van der Waals surface area contributed by atoms with Crippen molar-refractivity contribution in [3.63, 3.8) is 0 Å². The van der Waals surface area contributed by atoms with Gasteiger partial charge < -0.3 is 9.84 Å². The van der Waals surface area contributed by atoms with Crippen LogP contribution in [0, 0.1) is 5.92 Å². The summed E-state index contributed by atoms with van der Waals surface area (Å²) >= 11 is 0. The molecule has 3 unspecified atom stereocenters. The Labute approximate surface area is 124 Å². The molecule has 1 N–H and O–H groups in total. The molecule has 118 valence electrons. The van der Waals surface area contributed by atoms with Gasteiger partial charge in [0.25, 0.3) is 0 Å². The summed E-state index contributed by atoms with van der Waals surface area (Å²) < 4.78 is 28.6. The van der Waals surface area contributed by atoms with Crippen LogP contribution in [0.2, 0.25) is 0 Å². The molecule has 3 nitrogen and oxygen atoms in total. The molecule has 1 aromatic rings. The minimum Gasteiger partial charge on any atom is -0.435 e. The van der Waals surface area contributed by atoms with Gasteiger partial charge in [0.2, 0.25) is 0 Å². The predicted molar refractivity (Wildman–Crippen MR) is 77.5 cm³/mol. The summed E-state index contributed by atoms with van der Waals surface area (Å²) in [7, 11) is 0. The number of ether oxygens (including phenoxy) is 1. The van der Waals surface area contributed by atoms with Crippen LogP contribution in [0.25, 0.3) is 0 Å². The van der Waals surface area contributed by atoms with E-state index in [9.17, 15) is 13.9 Å². The summed E-state index contributed by atoms with van der Waals surface area (Å²) in [5.41, 5.74) is 1.07. The maximum atomic E-state index is 12.1. The first-order valence-electron chi connectivity index (χ1n) is 7.44. The van der Waals surface area contributed by atoms with E-state index < -0.39 is 6.61 Å². The highest BCUT2D eigenvalue weighted by molar-refractivity contribution is 5.29. The minimum atomic E-state index is -2.79. The number of piperidine rings is 1. The van der Waals surface area contributed by atoms with Crippen LogP contribution >= 0.6 is 0 Å². The Kier molecular flexibility index (Phi) is 5.53. The van der Waals surface area contributed by atoms with Crippen molar-refractivity contribution in [3.8, 4) is 5.75 Å². The molecule has 1 fully saturated rings. The fraction of sp³-hybridized carbons (Fsp3) is 0.625. The second kappa shape index (κ2) is 7.18. The Hall–Kier alpha value is -1.20. The third-order valence-electron chi connectivity index (χ3n) is 4.31. The van der Waals surface area contributed by atoms with Crippen molar-refractivity contribution in [2.45, 2.75) is 45.4 Å². The number of alkyl halides is 2. The highest BCUT2D eigenvalue weighted by Gasteiger charge is 2.26. The molecule has 2 rings (SSSR count). The van der Waals surface area contributed by atoms with Crippen molar-refractivity contribution < 1.29 is 18.6 Å². The molecule has 0 radical (unpaired) electrons. The maximum Gasteiger partial charge on any atom is 0.387 e. The topological polar surface area (TPSA) is 32.7 Å². The molecular formula is C16H23F2NO2. The smallest absolute Gasteiger partial charge is 0.387 e. The summed E-state index contributed by atoms with van der Waals surface area (Å²) in [5, 5.41) is 9.75. The molecule has 5 heteroatoms. The summed E-state index contributed by atoms with van der Waals surface area (Å²) in [6.45, 7) is 3.03. The lowest BCUT2D eigenvalue weighted by Gasteiger charge is -2.38. The van der Waals surface area contributed by atoms with Crippen molar-refractivity contribution in [2.75, 3.05) is 13.1 Å². The summed E-state index contributed by atoms with van der Waals surface area (Å²) in [4.78, 5) is 2.34. The third-order valence-corrected chi connectivity index (χ3v) is 4.31. The molecular weight excluding hydrogens is 276 g/mol. The van der Waals surface area contributed by atoms with Gasteiger partial charge in [0, 0.05) is 12.6 Å². The monoisotopic (exact) mass is 299 g/mol. The van der Waals surface area contributed by atoms with Crippen molar-refractivity contribution in [3.05, 3.63) is 29.8 Å². The van der Waals surface area contributed by atoms with Gasteiger partial charge in [0.1, 0.15) is 5.75 Å². The lowest BCUT2D eigenvalue weighted by atomic mass is 9.91. The maximum absolute atomic E-state index is 12.1. The van der Waals surface area contributed by atoms with Crippen LogP contribution in [0.5, 0.6) is 5.75 Å². The largest absolute Gasteiger partial charge is 0.435 e. The van der Waals surface area contributed by atoms with Crippen molar-refractivity contribution >= 4 is 0 Å². The number of benzene rings is 1. The number of aliphatic hydroxyl groups excluding tert-OH is 1. The number of halogens is 2. The average Bonchev–Trinajstić information content (AvgIpc) is 2.47. The summed E-state index contributed by atoms with van der Waals surface area (Å²) in [5.74, 6) is 0.490. The van der Waals surface area contributed by atoms with Crippen LogP contribution in [0.4, 0.5) is 8.78 Å². The SMILES string of the molecule is CC(O)C1CCCN(C(C)c2ccc(OC(F)F)cc2)C1. The molecule has 3 atom stereocenters. The van der Waals surface area contributed by atoms with E-state index in [0.29, 0.717) is 5.92 Å². The van der Waals surface area contributed by atoms with Crippen molar-refractivity contribution in [1.29, 1.82) is 0 Å². The molecule has 21 heavy (non-hydrogen) atoms. The average molecular weight is 299 g/mol. The van der Waals surface area contributed by atoms with Crippen LogP contribution in [0.15, 0.2) is 24.3 Å². The fourth-order valence-corrected chi connectivity index (χ4v) is 2.92. The summed E-state index contributed by atoms with van der Waals surface area (Å²) in [6, 6.07) is 7.01. The molecule has 0 saturated carbocycles. The first-order chi connectivity index (χ1) is 9.97. The third kappa shape index (κ3) is 4.38. The Balaban J connectivity index is 2.00. The van der Waals surface area contributed by atoms with E-state index in [-0.39, 0.29) is 17.9 Å². The molecule has 1 heterocycles. The second-order valence-corrected chi connectivity index (χ2v) is 5.76. The second-order valence-electron chi connectivity index (χ2n) is 5.76. The van der Waals surface area contributed by atoms with Crippen LogP contribution in [-0.4, -0.2) is 35.8 Å². The van der Waals surface area contributed by atoms with Crippen LogP contribution in [0.1, 0.15) is 38.3 Å². The number of rotatable bonds is 5. The number of nitrogens with zero attached hydrogens (tertiary/aromatic N) is 1. The van der Waals surface area contributed by atoms with E-state index in [1.54, 1.807) is 12.1 Å². The van der Waals surface area contributed by atoms with Gasteiger partial charge in [-0.2, -0.15) is 8.78 Å². The zero-order valence-electron chi connectivity index (χ0n) is 12.5. The van der Waals surface area contributed by atoms with Gasteiger partial charge in [-0.15, -0.1) is 0 Å². The zero-order valence-corrected chi connectivity index (χ0v) is 12.5. The first-order valence-corrected chi connectivity index (χ1v) is 7.44. The highest BCUT2D eigenvalue weighted by Crippen LogP contribution is 2.29. The number of aliphatic hydroxyl groups is 1. The molecule has 1 aliphatic heterocycles. The normalized spacial score (nSPS) is 23.0. The fourth-order valence-electron chi connectivity index (χ4n) is 2.92. The van der Waals surface area contributed by atoms with E-state index in [0.717, 1.165) is 31.5 Å². The van der Waals surface area contributed by atoms with Crippen molar-refractivity contribution in [2.24, 2.45) is 5.92 Å². The number of hydrogen-bond acceptors (Lipinski definition) is 3. The number of likely N-dealkylation sites (tertiary alicyclic amines) is 1. The van der Waals surface area contributed by atoms with Gasteiger partial charge >= 0.3 is 6.61 Å². The van der Waals surface area contributed by atoms with Gasteiger partial charge in [-0.25, -0.2) is 0 Å². The Morgan fingerprint density at radius 2 is 1.90 bits per heavy atom. The van der Waals surface area contributed by atoms with E-state index in [1.165, 1.54) is 0 Å². The van der Waals surface area contributed by atoms with Gasteiger partial charge in [-0.1, -0.05) is 12.1 Å². The van der Waals surface area contributed by atoms with Gasteiger partial charge in [-0.3, -0.25) is 4.90 Å². The molecule has 0 bridgehead atoms. The Bertz CT molecular complexity index is 436. The quantitative estimate of drug-likeness (QED) is 0.904. The molecule has 1 aliphatic rings. The Morgan fingerprint density at radius 3 is 2.48 bits per heavy atom. The van der Waals surface area contributed by atoms with E-state index in [2.05, 4.69) is 16.6 Å². The van der Waals surface area contributed by atoms with E-state index in [1.807, 2.05) is 19.1 Å². The van der Waals surface area contributed by atoms with Gasteiger partial charge in [-0.05, 0) is 56.8 Å². The predicted octanol–water partition coefficient (Wildman–Crippen LogP) is 3.44. The van der Waals surface area contributed by atoms with Gasteiger partial charge in [0.05, 0.1) is 6.10 Å². The van der Waals surface area contributed by atoms with Crippen LogP contribution < -0.4 is 4.74 Å². The van der Waals surface area contributed by atoms with Crippen LogP contribution in [-0.2, 0) is 0 Å². The summed E-state index contributed by atoms with van der Waals surface area (Å²) in [6.07, 6.45) is 1.84. The molecule has 0 aromatic heterocycles. The lowest BCUT2D eigenvalue weighted by molar-refractivity contribution is -0.0498. The lowest BCUT2D eigenvalue weighted by Crippen LogP contribution is -2.40. The minimum absolute atomic E-state index is 0.182. The first kappa shape index (κ1) is 16.2. The van der Waals surface area contributed by atoms with E-state index >= 15 is 0 Å². The Morgan fingerprint density at radius 1 is 1.24 bits per heavy atom. The van der Waals surface area contributed by atoms with Gasteiger partial charge in [0.15, 0.2) is 0 Å². The highest BCUT2D eigenvalue weighted by atomic mass is 19.3. The molecule has 1 saturated heterocycles. The van der Waals surface area contributed by atoms with E-state index in [4.69, 9.17) is 0 Å². The van der Waals surface area contributed by atoms with Crippen LogP contribution in [0.3, 0.4) is 0 Å². The van der Waals surface area contributed by atoms with Crippen molar-refractivity contribution in [1.82, 2.24) is 4.90 Å². The number of hydrogen-bond donors (Lipinski definition) is 1. The molecule has 0 amide bonds. The standard InChI is InChI=1S/C16H23F2NO2/c1-11(19-9-3-4-14(10-19)12(2)20)13-5-7-15(8-6-13)21-16(17)18/h5-8,11-12,14,16,20H,3-4,9-10H2,1-2H3. The molecule has 0 spiro atoms. The molecule has 1 aromatic carbocycles. The molecule has 0 aliphatic carbocycles. The zero-order chi connectivity index (χ0) is 15.4.